The highest BCUT2D eigenvalue weighted by molar-refractivity contribution is 7.89. The van der Waals surface area contributed by atoms with Gasteiger partial charge in [0.15, 0.2) is 0 Å². The smallest absolute Gasteiger partial charge is 0.240 e. The van der Waals surface area contributed by atoms with Gasteiger partial charge in [-0.2, -0.15) is 0 Å². The topological polar surface area (TPSA) is 66.4 Å². The molecule has 0 aromatic heterocycles. The highest BCUT2D eigenvalue weighted by atomic mass is 35.5. The van der Waals surface area contributed by atoms with Crippen molar-refractivity contribution in [2.75, 3.05) is 6.54 Å². The second kappa shape index (κ2) is 6.62. The molecular formula is C13H17Cl2NO3S. The van der Waals surface area contributed by atoms with E-state index in [9.17, 15) is 13.5 Å². The number of rotatable bonds is 4. The van der Waals surface area contributed by atoms with Gasteiger partial charge in [0.05, 0.1) is 11.0 Å². The van der Waals surface area contributed by atoms with Gasteiger partial charge in [-0.15, -0.1) is 0 Å². The van der Waals surface area contributed by atoms with E-state index in [4.69, 9.17) is 23.2 Å². The van der Waals surface area contributed by atoms with Gasteiger partial charge in [-0.1, -0.05) is 23.2 Å². The molecule has 0 atom stereocenters. The number of nitrogens with one attached hydrogen (secondary N) is 1. The van der Waals surface area contributed by atoms with Gasteiger partial charge in [-0.25, -0.2) is 13.1 Å². The second-order valence-corrected chi connectivity index (χ2v) is 7.77. The van der Waals surface area contributed by atoms with Crippen LogP contribution in [0.5, 0.6) is 0 Å². The fourth-order valence-electron chi connectivity index (χ4n) is 2.34. The molecule has 1 aliphatic rings. The van der Waals surface area contributed by atoms with Crippen molar-refractivity contribution in [3.8, 4) is 0 Å². The lowest BCUT2D eigenvalue weighted by atomic mass is 9.88. The molecule has 0 bridgehead atoms. The van der Waals surface area contributed by atoms with Crippen molar-refractivity contribution >= 4 is 33.2 Å². The van der Waals surface area contributed by atoms with Crippen LogP contribution in [0.2, 0.25) is 10.0 Å². The molecule has 2 N–H and O–H groups in total. The zero-order valence-electron chi connectivity index (χ0n) is 10.9. The number of hydrogen-bond acceptors (Lipinski definition) is 3. The molecule has 0 aliphatic heterocycles. The first-order valence-corrected chi connectivity index (χ1v) is 8.74. The third-order valence-electron chi connectivity index (χ3n) is 3.52. The Hall–Kier alpha value is -0.330. The normalized spacial score (nSPS) is 23.8. The summed E-state index contributed by atoms with van der Waals surface area (Å²) in [6.07, 6.45) is 2.89. The van der Waals surface area contributed by atoms with E-state index in [-0.39, 0.29) is 16.9 Å². The Bertz CT molecular complexity index is 549. The summed E-state index contributed by atoms with van der Waals surface area (Å²) in [6.45, 7) is 0.374. The van der Waals surface area contributed by atoms with Gasteiger partial charge in [0.1, 0.15) is 0 Å². The zero-order chi connectivity index (χ0) is 14.8. The van der Waals surface area contributed by atoms with E-state index < -0.39 is 10.0 Å². The molecule has 1 aromatic carbocycles. The molecule has 1 saturated carbocycles. The minimum absolute atomic E-state index is 0.0749. The van der Waals surface area contributed by atoms with Gasteiger partial charge in [0.25, 0.3) is 0 Å². The average Bonchev–Trinajstić information content (AvgIpc) is 2.37. The number of hydrogen-bond donors (Lipinski definition) is 2. The third-order valence-corrected chi connectivity index (χ3v) is 5.36. The molecule has 1 aliphatic carbocycles. The van der Waals surface area contributed by atoms with Crippen molar-refractivity contribution in [3.63, 3.8) is 0 Å². The van der Waals surface area contributed by atoms with Crippen LogP contribution in [0.25, 0.3) is 0 Å². The molecule has 1 fully saturated rings. The zero-order valence-corrected chi connectivity index (χ0v) is 13.2. The number of halogens is 2. The Morgan fingerprint density at radius 2 is 1.65 bits per heavy atom. The lowest BCUT2D eigenvalue weighted by Gasteiger charge is -2.25. The summed E-state index contributed by atoms with van der Waals surface area (Å²) in [5, 5.41) is 10.0. The lowest BCUT2D eigenvalue weighted by molar-refractivity contribution is 0.109. The van der Waals surface area contributed by atoms with E-state index in [1.165, 1.54) is 18.2 Å². The van der Waals surface area contributed by atoms with Crippen molar-refractivity contribution in [2.24, 2.45) is 5.92 Å². The van der Waals surface area contributed by atoms with Gasteiger partial charge in [-0.05, 0) is 49.8 Å². The fourth-order valence-corrected chi connectivity index (χ4v) is 4.19. The van der Waals surface area contributed by atoms with Crippen molar-refractivity contribution < 1.29 is 13.5 Å². The Kier molecular flexibility index (Phi) is 5.31. The van der Waals surface area contributed by atoms with E-state index in [1.54, 1.807) is 0 Å². The van der Waals surface area contributed by atoms with Gasteiger partial charge in [0, 0.05) is 16.6 Å². The Morgan fingerprint density at radius 1 is 1.10 bits per heavy atom. The molecule has 0 heterocycles. The number of sulfonamides is 1. The van der Waals surface area contributed by atoms with Gasteiger partial charge in [0.2, 0.25) is 10.0 Å². The molecule has 0 radical (unpaired) electrons. The van der Waals surface area contributed by atoms with Crippen LogP contribution in [0.15, 0.2) is 23.1 Å². The molecule has 20 heavy (non-hydrogen) atoms. The quantitative estimate of drug-likeness (QED) is 0.887. The maximum Gasteiger partial charge on any atom is 0.240 e. The predicted octanol–water partition coefficient (Wildman–Crippen LogP) is 2.82. The summed E-state index contributed by atoms with van der Waals surface area (Å²) >= 11 is 11.6. The average molecular weight is 338 g/mol. The van der Waals surface area contributed by atoms with Crippen LogP contribution in [0.1, 0.15) is 25.7 Å². The summed E-state index contributed by atoms with van der Waals surface area (Å²) < 4.78 is 26.9. The third kappa shape index (κ3) is 4.33. The van der Waals surface area contributed by atoms with Crippen LogP contribution in [0.4, 0.5) is 0 Å². The largest absolute Gasteiger partial charge is 0.393 e. The summed E-state index contributed by atoms with van der Waals surface area (Å²) in [4.78, 5) is 0.0749. The Balaban J connectivity index is 2.00. The van der Waals surface area contributed by atoms with Gasteiger partial charge in [-0.3, -0.25) is 0 Å². The minimum atomic E-state index is -3.60. The Labute approximate surface area is 129 Å². The first-order valence-electron chi connectivity index (χ1n) is 6.50. The van der Waals surface area contributed by atoms with Crippen molar-refractivity contribution in [2.45, 2.75) is 36.7 Å². The summed E-state index contributed by atoms with van der Waals surface area (Å²) in [5.74, 6) is 0.267. The summed E-state index contributed by atoms with van der Waals surface area (Å²) in [6, 6.07) is 4.24. The SMILES string of the molecule is O=S(=O)(NCC1CCC(O)CC1)c1cc(Cl)cc(Cl)c1. The fraction of sp³-hybridized carbons (Fsp3) is 0.538. The lowest BCUT2D eigenvalue weighted by Crippen LogP contribution is -2.32. The summed E-state index contributed by atoms with van der Waals surface area (Å²) in [7, 11) is -3.60. The number of aliphatic hydroxyl groups is 1. The molecule has 0 spiro atoms. The number of benzene rings is 1. The van der Waals surface area contributed by atoms with E-state index >= 15 is 0 Å². The monoisotopic (exact) mass is 337 g/mol. The Morgan fingerprint density at radius 3 is 2.20 bits per heavy atom. The highest BCUT2D eigenvalue weighted by Crippen LogP contribution is 2.25. The molecule has 0 amide bonds. The molecule has 4 nitrogen and oxygen atoms in total. The first kappa shape index (κ1) is 16.0. The molecule has 0 saturated heterocycles. The standard InChI is InChI=1S/C13H17Cl2NO3S/c14-10-5-11(15)7-13(6-10)20(18,19)16-8-9-1-3-12(17)4-2-9/h5-7,9,12,16-17H,1-4,8H2. The first-order chi connectivity index (χ1) is 9.37. The van der Waals surface area contributed by atoms with Crippen LogP contribution < -0.4 is 4.72 Å². The van der Waals surface area contributed by atoms with E-state index in [1.807, 2.05) is 0 Å². The number of aliphatic hydroxyl groups excluding tert-OH is 1. The molecule has 7 heteroatoms. The van der Waals surface area contributed by atoms with Crippen molar-refractivity contribution in [3.05, 3.63) is 28.2 Å². The maximum atomic E-state index is 12.2. The van der Waals surface area contributed by atoms with Crippen LogP contribution in [-0.4, -0.2) is 26.2 Å². The maximum absolute atomic E-state index is 12.2. The predicted molar refractivity (Wildman–Crippen MR) is 79.6 cm³/mol. The van der Waals surface area contributed by atoms with Crippen LogP contribution in [0, 0.1) is 5.92 Å². The molecule has 112 valence electrons. The van der Waals surface area contributed by atoms with Gasteiger partial charge < -0.3 is 5.11 Å². The van der Waals surface area contributed by atoms with E-state index in [0.717, 1.165) is 25.7 Å². The van der Waals surface area contributed by atoms with E-state index in [2.05, 4.69) is 4.72 Å². The second-order valence-electron chi connectivity index (χ2n) is 5.13. The minimum Gasteiger partial charge on any atom is -0.393 e. The van der Waals surface area contributed by atoms with Crippen LogP contribution in [-0.2, 0) is 10.0 Å². The van der Waals surface area contributed by atoms with Gasteiger partial charge >= 0.3 is 0 Å². The van der Waals surface area contributed by atoms with Crippen LogP contribution >= 0.6 is 23.2 Å². The molecule has 0 unspecified atom stereocenters. The molecular weight excluding hydrogens is 321 g/mol. The molecule has 1 aromatic rings. The van der Waals surface area contributed by atoms with Crippen molar-refractivity contribution in [1.82, 2.24) is 4.72 Å². The van der Waals surface area contributed by atoms with E-state index in [0.29, 0.717) is 16.6 Å². The van der Waals surface area contributed by atoms with Crippen molar-refractivity contribution in [1.29, 1.82) is 0 Å². The highest BCUT2D eigenvalue weighted by Gasteiger charge is 2.22. The van der Waals surface area contributed by atoms with Crippen LogP contribution in [0.3, 0.4) is 0 Å². The summed E-state index contributed by atoms with van der Waals surface area (Å²) in [5.41, 5.74) is 0. The molecule has 2 rings (SSSR count).